The number of hydrogen-bond donors (Lipinski definition) is 1. The van der Waals surface area contributed by atoms with Crippen LogP contribution in [-0.2, 0) is 0 Å². The van der Waals surface area contributed by atoms with E-state index in [1.54, 1.807) is 4.90 Å². The molecule has 0 saturated carbocycles. The van der Waals surface area contributed by atoms with Gasteiger partial charge >= 0.3 is 0 Å². The smallest absolute Gasteiger partial charge is 0.151 e. The second-order valence-electron chi connectivity index (χ2n) is 4.50. The second-order valence-corrected chi connectivity index (χ2v) is 4.50. The van der Waals surface area contributed by atoms with Crippen LogP contribution in [0.5, 0.6) is 0 Å². The van der Waals surface area contributed by atoms with Gasteiger partial charge in [-0.1, -0.05) is 6.92 Å². The van der Waals surface area contributed by atoms with Gasteiger partial charge < -0.3 is 10.6 Å². The van der Waals surface area contributed by atoms with Gasteiger partial charge in [0.05, 0.1) is 0 Å². The molecule has 0 atom stereocenters. The molecule has 1 aliphatic rings. The van der Waals surface area contributed by atoms with Crippen LogP contribution >= 0.6 is 0 Å². The van der Waals surface area contributed by atoms with Gasteiger partial charge in [-0.15, -0.1) is 0 Å². The molecular weight excluding hydrogens is 210 g/mol. The van der Waals surface area contributed by atoms with Crippen LogP contribution in [0.25, 0.3) is 0 Å². The molecule has 0 radical (unpaired) electrons. The van der Waals surface area contributed by atoms with Crippen molar-refractivity contribution in [3.05, 3.63) is 23.8 Å². The molecular formula is C12H16F2N2. The van der Waals surface area contributed by atoms with Gasteiger partial charge in [-0.3, -0.25) is 0 Å². The maximum atomic E-state index is 13.6. The SMILES string of the molecule is CC1CCN(c2c(F)cc(N)cc2F)CC1. The number of nitrogens with two attached hydrogens (primary N) is 1. The third-order valence-corrected chi connectivity index (χ3v) is 3.14. The van der Waals surface area contributed by atoms with Crippen LogP contribution in [0, 0.1) is 17.6 Å². The van der Waals surface area contributed by atoms with Gasteiger partial charge in [-0.05, 0) is 30.9 Å². The van der Waals surface area contributed by atoms with Crippen molar-refractivity contribution >= 4 is 11.4 Å². The predicted octanol–water partition coefficient (Wildman–Crippen LogP) is 2.78. The van der Waals surface area contributed by atoms with Crippen molar-refractivity contribution in [3.63, 3.8) is 0 Å². The highest BCUT2D eigenvalue weighted by Crippen LogP contribution is 2.29. The van der Waals surface area contributed by atoms with Crippen LogP contribution in [0.4, 0.5) is 20.2 Å². The topological polar surface area (TPSA) is 29.3 Å². The van der Waals surface area contributed by atoms with Crippen LogP contribution in [0.2, 0.25) is 0 Å². The highest BCUT2D eigenvalue weighted by Gasteiger charge is 2.21. The van der Waals surface area contributed by atoms with Crippen molar-refractivity contribution in [1.29, 1.82) is 0 Å². The monoisotopic (exact) mass is 226 g/mol. The fourth-order valence-corrected chi connectivity index (χ4v) is 2.12. The molecule has 1 saturated heterocycles. The number of nitrogens with zero attached hydrogens (tertiary/aromatic N) is 1. The van der Waals surface area contributed by atoms with Gasteiger partial charge in [0.2, 0.25) is 0 Å². The summed E-state index contributed by atoms with van der Waals surface area (Å²) in [5.74, 6) is -0.490. The van der Waals surface area contributed by atoms with Crippen molar-refractivity contribution in [2.45, 2.75) is 19.8 Å². The zero-order valence-electron chi connectivity index (χ0n) is 9.34. The van der Waals surface area contributed by atoms with Gasteiger partial charge in [0, 0.05) is 18.8 Å². The predicted molar refractivity (Wildman–Crippen MR) is 61.4 cm³/mol. The number of nitrogen functional groups attached to an aromatic ring is 1. The minimum Gasteiger partial charge on any atom is -0.399 e. The molecule has 1 aromatic carbocycles. The first-order valence-corrected chi connectivity index (χ1v) is 5.57. The van der Waals surface area contributed by atoms with E-state index in [-0.39, 0.29) is 11.4 Å². The van der Waals surface area contributed by atoms with Crippen LogP contribution in [0.1, 0.15) is 19.8 Å². The average Bonchev–Trinajstić information content (AvgIpc) is 2.19. The molecule has 2 N–H and O–H groups in total. The fraction of sp³-hybridized carbons (Fsp3) is 0.500. The lowest BCUT2D eigenvalue weighted by Crippen LogP contribution is -2.34. The Kier molecular flexibility index (Phi) is 2.99. The van der Waals surface area contributed by atoms with Crippen molar-refractivity contribution in [2.24, 2.45) is 5.92 Å². The van der Waals surface area contributed by atoms with Crippen LogP contribution in [0.15, 0.2) is 12.1 Å². The Hall–Kier alpha value is -1.32. The molecule has 0 unspecified atom stereocenters. The lowest BCUT2D eigenvalue weighted by atomic mass is 9.98. The number of hydrogen-bond acceptors (Lipinski definition) is 2. The Morgan fingerprint density at radius 2 is 1.69 bits per heavy atom. The molecule has 0 bridgehead atoms. The molecule has 1 fully saturated rings. The molecule has 0 amide bonds. The molecule has 0 aliphatic carbocycles. The third kappa shape index (κ3) is 2.10. The van der Waals surface area contributed by atoms with E-state index < -0.39 is 11.6 Å². The summed E-state index contributed by atoms with van der Waals surface area (Å²) < 4.78 is 27.3. The molecule has 1 aliphatic heterocycles. The van der Waals surface area contributed by atoms with Gasteiger partial charge in [-0.25, -0.2) is 8.78 Å². The molecule has 1 heterocycles. The summed E-state index contributed by atoms with van der Waals surface area (Å²) in [5.41, 5.74) is 5.58. The average molecular weight is 226 g/mol. The van der Waals surface area contributed by atoms with Gasteiger partial charge in [0.25, 0.3) is 0 Å². The molecule has 2 nitrogen and oxygen atoms in total. The Morgan fingerprint density at radius 1 is 1.19 bits per heavy atom. The fourth-order valence-electron chi connectivity index (χ4n) is 2.12. The third-order valence-electron chi connectivity index (χ3n) is 3.14. The molecule has 16 heavy (non-hydrogen) atoms. The number of halogens is 2. The molecule has 2 rings (SSSR count). The van der Waals surface area contributed by atoms with E-state index in [0.717, 1.165) is 12.8 Å². The largest absolute Gasteiger partial charge is 0.399 e. The molecule has 0 aromatic heterocycles. The minimum atomic E-state index is -0.563. The number of benzene rings is 1. The Labute approximate surface area is 94.0 Å². The molecule has 0 spiro atoms. The first-order valence-electron chi connectivity index (χ1n) is 5.57. The first-order chi connectivity index (χ1) is 7.58. The minimum absolute atomic E-state index is 0.0705. The van der Waals surface area contributed by atoms with Gasteiger partial charge in [0.1, 0.15) is 5.69 Å². The van der Waals surface area contributed by atoms with E-state index in [0.29, 0.717) is 19.0 Å². The van der Waals surface area contributed by atoms with Crippen molar-refractivity contribution in [1.82, 2.24) is 0 Å². The first kappa shape index (κ1) is 11.2. The number of piperidine rings is 1. The molecule has 1 aromatic rings. The zero-order chi connectivity index (χ0) is 11.7. The number of anilines is 2. The lowest BCUT2D eigenvalue weighted by molar-refractivity contribution is 0.429. The highest BCUT2D eigenvalue weighted by atomic mass is 19.1. The summed E-state index contributed by atoms with van der Waals surface area (Å²) in [5, 5.41) is 0. The Morgan fingerprint density at radius 3 is 2.19 bits per heavy atom. The lowest BCUT2D eigenvalue weighted by Gasteiger charge is -2.32. The summed E-state index contributed by atoms with van der Waals surface area (Å²) >= 11 is 0. The zero-order valence-corrected chi connectivity index (χ0v) is 9.34. The summed E-state index contributed by atoms with van der Waals surface area (Å²) in [7, 11) is 0. The highest BCUT2D eigenvalue weighted by molar-refractivity contribution is 5.56. The summed E-state index contributed by atoms with van der Waals surface area (Å²) in [6.45, 7) is 3.57. The quantitative estimate of drug-likeness (QED) is 0.746. The van der Waals surface area contributed by atoms with Gasteiger partial charge in [0.15, 0.2) is 11.6 Å². The summed E-state index contributed by atoms with van der Waals surface area (Å²) in [6.07, 6.45) is 1.95. The maximum absolute atomic E-state index is 13.6. The summed E-state index contributed by atoms with van der Waals surface area (Å²) in [6, 6.07) is 2.35. The second kappa shape index (κ2) is 4.28. The van der Waals surface area contributed by atoms with E-state index >= 15 is 0 Å². The van der Waals surface area contributed by atoms with E-state index in [9.17, 15) is 8.78 Å². The van der Waals surface area contributed by atoms with Crippen molar-refractivity contribution in [3.8, 4) is 0 Å². The standard InChI is InChI=1S/C12H16F2N2/c1-8-2-4-16(5-3-8)12-10(13)6-9(15)7-11(12)14/h6-8H,2-5,15H2,1H3. The molecule has 4 heteroatoms. The molecule has 88 valence electrons. The normalized spacial score (nSPS) is 17.8. The van der Waals surface area contributed by atoms with E-state index in [1.165, 1.54) is 12.1 Å². The Bertz CT molecular complexity index is 362. The van der Waals surface area contributed by atoms with Crippen LogP contribution in [-0.4, -0.2) is 13.1 Å². The van der Waals surface area contributed by atoms with E-state index in [2.05, 4.69) is 6.92 Å². The van der Waals surface area contributed by atoms with E-state index in [4.69, 9.17) is 5.73 Å². The Balaban J connectivity index is 2.26. The van der Waals surface area contributed by atoms with Gasteiger partial charge in [-0.2, -0.15) is 0 Å². The number of rotatable bonds is 1. The van der Waals surface area contributed by atoms with Crippen LogP contribution < -0.4 is 10.6 Å². The van der Waals surface area contributed by atoms with E-state index in [1.807, 2.05) is 0 Å². The maximum Gasteiger partial charge on any atom is 0.151 e. The van der Waals surface area contributed by atoms with Crippen molar-refractivity contribution in [2.75, 3.05) is 23.7 Å². The van der Waals surface area contributed by atoms with Crippen molar-refractivity contribution < 1.29 is 8.78 Å². The van der Waals surface area contributed by atoms with Crippen LogP contribution in [0.3, 0.4) is 0 Å². The summed E-state index contributed by atoms with van der Waals surface area (Å²) in [4.78, 5) is 1.77.